The van der Waals surface area contributed by atoms with Gasteiger partial charge in [0.1, 0.15) is 5.75 Å². The third-order valence-electron chi connectivity index (χ3n) is 3.90. The number of anilines is 1. The summed E-state index contributed by atoms with van der Waals surface area (Å²) in [6, 6.07) is 9.07. The summed E-state index contributed by atoms with van der Waals surface area (Å²) < 4.78 is 5.80. The normalized spacial score (nSPS) is 16.2. The molecule has 0 aliphatic carbocycles. The van der Waals surface area contributed by atoms with Crippen molar-refractivity contribution in [2.45, 2.75) is 45.6 Å². The van der Waals surface area contributed by atoms with E-state index in [-0.39, 0.29) is 0 Å². The van der Waals surface area contributed by atoms with E-state index in [2.05, 4.69) is 48.3 Å². The summed E-state index contributed by atoms with van der Waals surface area (Å²) in [5.41, 5.74) is 1.27. The molecule has 0 aromatic heterocycles. The molecule has 1 aromatic carbocycles. The third-order valence-corrected chi connectivity index (χ3v) is 3.90. The van der Waals surface area contributed by atoms with Crippen LogP contribution in [0.1, 0.15) is 39.5 Å². The predicted octanol–water partition coefficient (Wildman–Crippen LogP) is 3.44. The summed E-state index contributed by atoms with van der Waals surface area (Å²) in [6.45, 7) is 8.60. The molecule has 1 aromatic rings. The van der Waals surface area contributed by atoms with Crippen LogP contribution < -0.4 is 15.0 Å². The van der Waals surface area contributed by atoms with Crippen molar-refractivity contribution in [2.75, 3.05) is 31.1 Å². The number of fused-ring (bicyclic) bond motifs is 1. The summed E-state index contributed by atoms with van der Waals surface area (Å²) in [5.74, 6) is 1.05. The number of hydrogen-bond donors (Lipinski definition) is 1. The lowest BCUT2D eigenvalue weighted by molar-refractivity contribution is 0.322. The summed E-state index contributed by atoms with van der Waals surface area (Å²) in [7, 11) is 0. The molecule has 20 heavy (non-hydrogen) atoms. The van der Waals surface area contributed by atoms with Crippen LogP contribution in [0.5, 0.6) is 5.75 Å². The topological polar surface area (TPSA) is 24.5 Å². The van der Waals surface area contributed by atoms with Gasteiger partial charge < -0.3 is 15.0 Å². The minimum atomic E-state index is 0.639. The number of para-hydroxylation sites is 2. The quantitative estimate of drug-likeness (QED) is 0.772. The highest BCUT2D eigenvalue weighted by atomic mass is 16.5. The molecule has 0 radical (unpaired) electrons. The molecule has 0 fully saturated rings. The van der Waals surface area contributed by atoms with Crippen molar-refractivity contribution in [2.24, 2.45) is 0 Å². The Hall–Kier alpha value is -1.22. The fourth-order valence-electron chi connectivity index (χ4n) is 2.83. The minimum absolute atomic E-state index is 0.639. The first kappa shape index (κ1) is 15.2. The molecule has 0 amide bonds. The Labute approximate surface area is 123 Å². The van der Waals surface area contributed by atoms with Crippen LogP contribution >= 0.6 is 0 Å². The van der Waals surface area contributed by atoms with Gasteiger partial charge >= 0.3 is 0 Å². The van der Waals surface area contributed by atoms with Gasteiger partial charge in [-0.2, -0.15) is 0 Å². The highest BCUT2D eigenvalue weighted by Gasteiger charge is 2.15. The van der Waals surface area contributed by atoms with Gasteiger partial charge in [-0.05, 0) is 44.9 Å². The van der Waals surface area contributed by atoms with E-state index in [0.29, 0.717) is 6.04 Å². The SMILES string of the molecule is CCNC(C)CCCCN1CCCOc2ccccc21. The summed E-state index contributed by atoms with van der Waals surface area (Å²) in [4.78, 5) is 2.49. The van der Waals surface area contributed by atoms with E-state index in [4.69, 9.17) is 4.74 Å². The number of nitrogens with one attached hydrogen (secondary N) is 1. The fraction of sp³-hybridized carbons (Fsp3) is 0.647. The van der Waals surface area contributed by atoms with E-state index >= 15 is 0 Å². The molecule has 1 N–H and O–H groups in total. The minimum Gasteiger partial charge on any atom is -0.491 e. The van der Waals surface area contributed by atoms with Gasteiger partial charge in [0.2, 0.25) is 0 Å². The maximum absolute atomic E-state index is 5.80. The van der Waals surface area contributed by atoms with Crippen LogP contribution in [0.2, 0.25) is 0 Å². The second-order valence-corrected chi connectivity index (χ2v) is 5.61. The first-order chi connectivity index (χ1) is 9.81. The van der Waals surface area contributed by atoms with Crippen molar-refractivity contribution in [3.63, 3.8) is 0 Å². The van der Waals surface area contributed by atoms with E-state index in [1.54, 1.807) is 0 Å². The van der Waals surface area contributed by atoms with Crippen molar-refractivity contribution in [3.05, 3.63) is 24.3 Å². The number of hydrogen-bond acceptors (Lipinski definition) is 3. The Morgan fingerprint density at radius 3 is 3.00 bits per heavy atom. The zero-order valence-electron chi connectivity index (χ0n) is 12.9. The first-order valence-corrected chi connectivity index (χ1v) is 8.01. The van der Waals surface area contributed by atoms with E-state index in [1.807, 2.05) is 0 Å². The largest absolute Gasteiger partial charge is 0.491 e. The lowest BCUT2D eigenvalue weighted by atomic mass is 10.1. The maximum atomic E-state index is 5.80. The maximum Gasteiger partial charge on any atom is 0.142 e. The van der Waals surface area contributed by atoms with Crippen molar-refractivity contribution in [1.29, 1.82) is 0 Å². The second-order valence-electron chi connectivity index (χ2n) is 5.61. The summed E-state index contributed by atoms with van der Waals surface area (Å²) in [5, 5.41) is 3.48. The molecule has 1 aliphatic rings. The molecule has 2 rings (SSSR count). The van der Waals surface area contributed by atoms with Gasteiger partial charge in [0.15, 0.2) is 0 Å². The Morgan fingerprint density at radius 2 is 2.15 bits per heavy atom. The van der Waals surface area contributed by atoms with Crippen molar-refractivity contribution < 1.29 is 4.74 Å². The van der Waals surface area contributed by atoms with Gasteiger partial charge in [-0.15, -0.1) is 0 Å². The van der Waals surface area contributed by atoms with Crippen LogP contribution in [0.25, 0.3) is 0 Å². The average molecular weight is 276 g/mol. The Bertz CT molecular complexity index is 394. The Balaban J connectivity index is 1.81. The molecule has 1 heterocycles. The van der Waals surface area contributed by atoms with Gasteiger partial charge in [0.25, 0.3) is 0 Å². The number of rotatable bonds is 7. The Morgan fingerprint density at radius 1 is 1.30 bits per heavy atom. The van der Waals surface area contributed by atoms with Gasteiger partial charge in [0, 0.05) is 19.1 Å². The smallest absolute Gasteiger partial charge is 0.142 e. The monoisotopic (exact) mass is 276 g/mol. The van der Waals surface area contributed by atoms with E-state index < -0.39 is 0 Å². The molecule has 1 atom stereocenters. The lowest BCUT2D eigenvalue weighted by Crippen LogP contribution is -2.27. The Kier molecular flexibility index (Phi) is 6.19. The van der Waals surface area contributed by atoms with Crippen molar-refractivity contribution in [3.8, 4) is 5.75 Å². The molecule has 1 unspecified atom stereocenters. The van der Waals surface area contributed by atoms with Crippen molar-refractivity contribution >= 4 is 5.69 Å². The second kappa shape index (κ2) is 8.15. The zero-order chi connectivity index (χ0) is 14.2. The van der Waals surface area contributed by atoms with Crippen LogP contribution in [0, 0.1) is 0 Å². The lowest BCUT2D eigenvalue weighted by Gasteiger charge is -2.24. The van der Waals surface area contributed by atoms with Crippen molar-refractivity contribution in [1.82, 2.24) is 5.32 Å². The first-order valence-electron chi connectivity index (χ1n) is 8.01. The van der Waals surface area contributed by atoms with E-state index in [1.165, 1.54) is 24.9 Å². The van der Waals surface area contributed by atoms with Crippen LogP contribution in [0.4, 0.5) is 5.69 Å². The third kappa shape index (κ3) is 4.41. The standard InChI is InChI=1S/C17H28N2O/c1-3-18-15(2)9-6-7-12-19-13-8-14-20-17-11-5-4-10-16(17)19/h4-5,10-11,15,18H,3,6-9,12-14H2,1-2H3. The number of ether oxygens (including phenoxy) is 1. The highest BCUT2D eigenvalue weighted by Crippen LogP contribution is 2.30. The van der Waals surface area contributed by atoms with Gasteiger partial charge in [-0.25, -0.2) is 0 Å². The molecule has 112 valence electrons. The van der Waals surface area contributed by atoms with Crippen LogP contribution in [0.15, 0.2) is 24.3 Å². The molecule has 1 aliphatic heterocycles. The highest BCUT2D eigenvalue weighted by molar-refractivity contribution is 5.58. The predicted molar refractivity (Wildman–Crippen MR) is 85.8 cm³/mol. The molecular weight excluding hydrogens is 248 g/mol. The number of nitrogens with zero attached hydrogens (tertiary/aromatic N) is 1. The molecule has 0 saturated carbocycles. The molecule has 3 nitrogen and oxygen atoms in total. The zero-order valence-corrected chi connectivity index (χ0v) is 12.9. The van der Waals surface area contributed by atoms with Gasteiger partial charge in [0.05, 0.1) is 12.3 Å². The molecule has 0 spiro atoms. The molecule has 3 heteroatoms. The molecule has 0 bridgehead atoms. The molecule has 0 saturated heterocycles. The van der Waals surface area contributed by atoms with E-state index in [0.717, 1.165) is 38.4 Å². The van der Waals surface area contributed by atoms with Gasteiger partial charge in [-0.1, -0.05) is 25.5 Å². The average Bonchev–Trinajstić information content (AvgIpc) is 2.66. The summed E-state index contributed by atoms with van der Waals surface area (Å²) in [6.07, 6.45) is 4.92. The number of unbranched alkanes of at least 4 members (excludes halogenated alkanes) is 1. The van der Waals surface area contributed by atoms with Crippen LogP contribution in [-0.2, 0) is 0 Å². The van der Waals surface area contributed by atoms with E-state index in [9.17, 15) is 0 Å². The fourth-order valence-corrected chi connectivity index (χ4v) is 2.83. The molecular formula is C17H28N2O. The van der Waals surface area contributed by atoms with Crippen LogP contribution in [0.3, 0.4) is 0 Å². The van der Waals surface area contributed by atoms with Gasteiger partial charge in [-0.3, -0.25) is 0 Å². The van der Waals surface area contributed by atoms with Crippen LogP contribution in [-0.4, -0.2) is 32.3 Å². The summed E-state index contributed by atoms with van der Waals surface area (Å²) >= 11 is 0. The number of benzene rings is 1.